The molecule has 7 nitrogen and oxygen atoms in total. The summed E-state index contributed by atoms with van der Waals surface area (Å²) in [6.45, 7) is 6.21. The normalized spacial score (nSPS) is 11.2. The number of nitrogens with zero attached hydrogens (tertiary/aromatic N) is 3. The Kier molecular flexibility index (Phi) is 6.33. The molecule has 0 spiro atoms. The third kappa shape index (κ3) is 5.88. The fraction of sp³-hybridized carbons (Fsp3) is 0.200. The smallest absolute Gasteiger partial charge is 0.308 e. The van der Waals surface area contributed by atoms with Gasteiger partial charge in [-0.05, 0) is 50.4 Å². The van der Waals surface area contributed by atoms with Gasteiger partial charge in [-0.25, -0.2) is 19.8 Å². The van der Waals surface area contributed by atoms with Crippen molar-refractivity contribution in [3.05, 3.63) is 69.7 Å². The van der Waals surface area contributed by atoms with E-state index in [0.717, 1.165) is 21.8 Å². The Bertz CT molecular complexity index is 947. The van der Waals surface area contributed by atoms with Gasteiger partial charge >= 0.3 is 6.03 Å². The van der Waals surface area contributed by atoms with Crippen molar-refractivity contribution in [2.75, 3.05) is 10.6 Å². The number of hydrogen-bond donors (Lipinski definition) is 3. The van der Waals surface area contributed by atoms with E-state index in [9.17, 15) is 4.79 Å². The van der Waals surface area contributed by atoms with Gasteiger partial charge in [0.1, 0.15) is 0 Å². The van der Waals surface area contributed by atoms with Crippen molar-refractivity contribution in [3.8, 4) is 0 Å². The molecule has 28 heavy (non-hydrogen) atoms. The number of amides is 2. The summed E-state index contributed by atoms with van der Waals surface area (Å²) < 4.78 is 0. The summed E-state index contributed by atoms with van der Waals surface area (Å²) in [6, 6.07) is 13.0. The highest BCUT2D eigenvalue weighted by atomic mass is 32.1. The van der Waals surface area contributed by atoms with Crippen LogP contribution in [0.1, 0.15) is 21.8 Å². The molecule has 1 aromatic carbocycles. The Morgan fingerprint density at radius 3 is 2.39 bits per heavy atom. The van der Waals surface area contributed by atoms with Crippen molar-refractivity contribution >= 4 is 35.0 Å². The molecule has 0 aliphatic heterocycles. The van der Waals surface area contributed by atoms with Crippen molar-refractivity contribution in [2.24, 2.45) is 4.99 Å². The summed E-state index contributed by atoms with van der Waals surface area (Å²) in [5.74, 6) is 0.668. The number of hydrogen-bond acceptors (Lipinski definition) is 5. The zero-order valence-electron chi connectivity index (χ0n) is 16.0. The number of guanidine groups is 1. The van der Waals surface area contributed by atoms with E-state index in [2.05, 4.69) is 30.9 Å². The number of carbonyl (C=O) groups is 1. The Hall–Kier alpha value is -3.26. The third-order valence-electron chi connectivity index (χ3n) is 3.73. The van der Waals surface area contributed by atoms with Crippen molar-refractivity contribution in [1.29, 1.82) is 0 Å². The van der Waals surface area contributed by atoms with E-state index in [4.69, 9.17) is 0 Å². The Labute approximate surface area is 168 Å². The highest BCUT2D eigenvalue weighted by molar-refractivity contribution is 7.09. The molecule has 3 N–H and O–H groups in total. The summed E-state index contributed by atoms with van der Waals surface area (Å²) in [4.78, 5) is 26.7. The van der Waals surface area contributed by atoms with Gasteiger partial charge < -0.3 is 5.32 Å². The van der Waals surface area contributed by atoms with Gasteiger partial charge in [0.2, 0.25) is 11.9 Å². The molecule has 2 heterocycles. The number of benzene rings is 1. The standard InChI is InChI=1S/C20H22N6OS/c1-13-6-8-16(9-7-13)24-20(27)26-18(21-12-17-5-4-10-28-17)25-19-22-14(2)11-15(3)23-19/h4-11H,12H2,1-3H3,(H3,21,22,23,24,25,26,27). The average molecular weight is 395 g/mol. The van der Waals surface area contributed by atoms with E-state index in [-0.39, 0.29) is 5.96 Å². The number of rotatable bonds is 4. The van der Waals surface area contributed by atoms with Crippen LogP contribution in [-0.4, -0.2) is 22.0 Å². The van der Waals surface area contributed by atoms with E-state index in [1.807, 2.05) is 68.6 Å². The van der Waals surface area contributed by atoms with Gasteiger partial charge in [-0.15, -0.1) is 11.3 Å². The highest BCUT2D eigenvalue weighted by Gasteiger charge is 2.09. The van der Waals surface area contributed by atoms with Gasteiger partial charge in [0.05, 0.1) is 6.54 Å². The molecule has 3 aromatic rings. The number of anilines is 2. The van der Waals surface area contributed by atoms with Gasteiger partial charge in [0.25, 0.3) is 0 Å². The van der Waals surface area contributed by atoms with Crippen LogP contribution in [0.25, 0.3) is 0 Å². The maximum Gasteiger partial charge on any atom is 0.326 e. The van der Waals surface area contributed by atoms with Crippen LogP contribution in [-0.2, 0) is 6.54 Å². The summed E-state index contributed by atoms with van der Waals surface area (Å²) in [6.07, 6.45) is 0. The van der Waals surface area contributed by atoms with E-state index < -0.39 is 6.03 Å². The van der Waals surface area contributed by atoms with Crippen LogP contribution in [0.3, 0.4) is 0 Å². The molecule has 0 unspecified atom stereocenters. The first-order valence-electron chi connectivity index (χ1n) is 8.79. The van der Waals surface area contributed by atoms with E-state index in [1.165, 1.54) is 0 Å². The Morgan fingerprint density at radius 1 is 1.04 bits per heavy atom. The second-order valence-corrected chi connectivity index (χ2v) is 7.32. The van der Waals surface area contributed by atoms with Gasteiger partial charge in [-0.1, -0.05) is 23.8 Å². The van der Waals surface area contributed by atoms with Gasteiger partial charge in [0.15, 0.2) is 0 Å². The molecule has 144 valence electrons. The quantitative estimate of drug-likeness (QED) is 0.456. The molecule has 0 bridgehead atoms. The maximum absolute atomic E-state index is 12.4. The molecule has 0 fully saturated rings. The number of aryl methyl sites for hydroxylation is 3. The van der Waals surface area contributed by atoms with Crippen LogP contribution in [0.2, 0.25) is 0 Å². The van der Waals surface area contributed by atoms with E-state index >= 15 is 0 Å². The third-order valence-corrected chi connectivity index (χ3v) is 4.59. The molecule has 2 amide bonds. The molecule has 8 heteroatoms. The SMILES string of the molecule is Cc1ccc(NC(=O)NC(=NCc2cccs2)Nc2nc(C)cc(C)n2)cc1. The number of nitrogens with one attached hydrogen (secondary N) is 3. The van der Waals surface area contributed by atoms with Gasteiger partial charge in [-0.2, -0.15) is 0 Å². The molecule has 0 saturated heterocycles. The topological polar surface area (TPSA) is 91.3 Å². The van der Waals surface area contributed by atoms with Crippen LogP contribution < -0.4 is 16.0 Å². The lowest BCUT2D eigenvalue weighted by Gasteiger charge is -2.12. The fourth-order valence-corrected chi connectivity index (χ4v) is 3.09. The van der Waals surface area contributed by atoms with Gasteiger partial charge in [-0.3, -0.25) is 10.6 Å². The minimum atomic E-state index is -0.398. The zero-order valence-corrected chi connectivity index (χ0v) is 16.8. The van der Waals surface area contributed by atoms with Crippen molar-refractivity contribution < 1.29 is 4.79 Å². The lowest BCUT2D eigenvalue weighted by molar-refractivity contribution is 0.256. The number of aromatic nitrogens is 2. The summed E-state index contributed by atoms with van der Waals surface area (Å²) >= 11 is 1.60. The first-order chi connectivity index (χ1) is 13.5. The molecule has 0 aliphatic carbocycles. The second-order valence-electron chi connectivity index (χ2n) is 6.29. The number of urea groups is 1. The van der Waals surface area contributed by atoms with E-state index in [0.29, 0.717) is 18.2 Å². The second kappa shape index (κ2) is 9.09. The lowest BCUT2D eigenvalue weighted by Crippen LogP contribution is -2.39. The average Bonchev–Trinajstić information content (AvgIpc) is 3.14. The summed E-state index contributed by atoms with van der Waals surface area (Å²) in [5.41, 5.74) is 3.48. The van der Waals surface area contributed by atoms with Crippen molar-refractivity contribution in [1.82, 2.24) is 15.3 Å². The summed E-state index contributed by atoms with van der Waals surface area (Å²) in [5, 5.41) is 10.5. The lowest BCUT2D eigenvalue weighted by atomic mass is 10.2. The Balaban J connectivity index is 1.73. The maximum atomic E-state index is 12.4. The molecule has 2 aromatic heterocycles. The molecule has 3 rings (SSSR count). The van der Waals surface area contributed by atoms with Crippen molar-refractivity contribution in [3.63, 3.8) is 0 Å². The highest BCUT2D eigenvalue weighted by Crippen LogP contribution is 2.11. The van der Waals surface area contributed by atoms with Crippen LogP contribution in [0.5, 0.6) is 0 Å². The predicted octanol–water partition coefficient (Wildman–Crippen LogP) is 4.25. The molecule has 0 atom stereocenters. The zero-order chi connectivity index (χ0) is 19.9. The number of aliphatic imine (C=N–C) groups is 1. The predicted molar refractivity (Wildman–Crippen MR) is 114 cm³/mol. The van der Waals surface area contributed by atoms with Crippen LogP contribution in [0.15, 0.2) is 52.8 Å². The minimum Gasteiger partial charge on any atom is -0.308 e. The first kappa shape index (κ1) is 19.5. The van der Waals surface area contributed by atoms with E-state index in [1.54, 1.807) is 11.3 Å². The van der Waals surface area contributed by atoms with Crippen LogP contribution in [0, 0.1) is 20.8 Å². The minimum absolute atomic E-state index is 0.281. The van der Waals surface area contributed by atoms with Crippen LogP contribution in [0.4, 0.5) is 16.4 Å². The van der Waals surface area contributed by atoms with Crippen LogP contribution >= 0.6 is 11.3 Å². The molecule has 0 aliphatic rings. The van der Waals surface area contributed by atoms with Crippen molar-refractivity contribution in [2.45, 2.75) is 27.3 Å². The molecule has 0 radical (unpaired) electrons. The van der Waals surface area contributed by atoms with Gasteiger partial charge in [0, 0.05) is 22.0 Å². The molecular weight excluding hydrogens is 372 g/mol. The molecular formula is C20H22N6OS. The number of thiophene rings is 1. The summed E-state index contributed by atoms with van der Waals surface area (Å²) in [7, 11) is 0. The molecule has 0 saturated carbocycles. The monoisotopic (exact) mass is 394 g/mol. The first-order valence-corrected chi connectivity index (χ1v) is 9.67. The largest absolute Gasteiger partial charge is 0.326 e. The Morgan fingerprint density at radius 2 is 1.75 bits per heavy atom. The fourth-order valence-electron chi connectivity index (χ4n) is 2.46. The number of carbonyl (C=O) groups excluding carboxylic acids is 1.